The predicted molar refractivity (Wildman–Crippen MR) is 113 cm³/mol. The number of piperidine rings is 1. The molecule has 8 nitrogen and oxygen atoms in total. The average Bonchev–Trinajstić information content (AvgIpc) is 3.06. The second kappa shape index (κ2) is 8.79. The van der Waals surface area contributed by atoms with E-state index in [4.69, 9.17) is 4.74 Å². The van der Waals surface area contributed by atoms with Gasteiger partial charge in [0.2, 0.25) is 5.91 Å². The van der Waals surface area contributed by atoms with Gasteiger partial charge in [0.1, 0.15) is 5.82 Å². The standard InChI is InChI=1S/C22H32N4O4/c1-2-30-21(29)24-16-3-8-19(23-15-16)25-12-9-22(10-13-25)11-14-26(20(22)28)17-4-6-18(27)7-5-17/h3,8,15,17-18,27H,2,4-7,9-14H2,1H3,(H,24,29). The molecule has 30 heavy (non-hydrogen) atoms. The first-order chi connectivity index (χ1) is 14.5. The van der Waals surface area contributed by atoms with Crippen LogP contribution >= 0.6 is 0 Å². The molecule has 2 saturated heterocycles. The van der Waals surface area contributed by atoms with Crippen molar-refractivity contribution in [2.45, 2.75) is 64.0 Å². The molecule has 3 aliphatic rings. The number of anilines is 2. The third-order valence-corrected chi connectivity index (χ3v) is 6.97. The van der Waals surface area contributed by atoms with Crippen molar-refractivity contribution in [1.29, 1.82) is 0 Å². The topological polar surface area (TPSA) is 95.0 Å². The van der Waals surface area contributed by atoms with Gasteiger partial charge in [-0.3, -0.25) is 10.1 Å². The Morgan fingerprint density at radius 3 is 2.53 bits per heavy atom. The Morgan fingerprint density at radius 1 is 1.20 bits per heavy atom. The maximum atomic E-state index is 13.3. The monoisotopic (exact) mass is 416 g/mol. The largest absolute Gasteiger partial charge is 0.450 e. The van der Waals surface area contributed by atoms with Crippen LogP contribution in [-0.2, 0) is 9.53 Å². The van der Waals surface area contributed by atoms with E-state index in [9.17, 15) is 14.7 Å². The van der Waals surface area contributed by atoms with E-state index in [0.717, 1.165) is 70.4 Å². The Hall–Kier alpha value is -2.35. The lowest BCUT2D eigenvalue weighted by Gasteiger charge is -2.40. The van der Waals surface area contributed by atoms with Gasteiger partial charge in [0.25, 0.3) is 0 Å². The fraction of sp³-hybridized carbons (Fsp3) is 0.682. The van der Waals surface area contributed by atoms with Gasteiger partial charge in [-0.05, 0) is 64.0 Å². The average molecular weight is 417 g/mol. The van der Waals surface area contributed by atoms with Gasteiger partial charge in [0.15, 0.2) is 0 Å². The molecule has 2 N–H and O–H groups in total. The van der Waals surface area contributed by atoms with Crippen molar-refractivity contribution < 1.29 is 19.4 Å². The van der Waals surface area contributed by atoms with E-state index < -0.39 is 6.09 Å². The zero-order chi connectivity index (χ0) is 21.1. The van der Waals surface area contributed by atoms with Crippen LogP contribution in [0.1, 0.15) is 51.9 Å². The molecule has 4 rings (SSSR count). The third kappa shape index (κ3) is 4.24. The van der Waals surface area contributed by atoms with E-state index in [0.29, 0.717) is 24.2 Å². The van der Waals surface area contributed by atoms with Crippen LogP contribution in [0, 0.1) is 5.41 Å². The fourth-order valence-corrected chi connectivity index (χ4v) is 5.13. The van der Waals surface area contributed by atoms with Crippen molar-refractivity contribution in [2.75, 3.05) is 36.5 Å². The number of amides is 2. The minimum Gasteiger partial charge on any atom is -0.450 e. The highest BCUT2D eigenvalue weighted by molar-refractivity contribution is 5.86. The quantitative estimate of drug-likeness (QED) is 0.784. The van der Waals surface area contributed by atoms with Crippen LogP contribution in [0.3, 0.4) is 0 Å². The third-order valence-electron chi connectivity index (χ3n) is 6.97. The number of hydrogen-bond acceptors (Lipinski definition) is 6. The minimum absolute atomic E-state index is 0.192. The number of aliphatic hydroxyl groups is 1. The summed E-state index contributed by atoms with van der Waals surface area (Å²) in [5, 5.41) is 12.4. The zero-order valence-corrected chi connectivity index (χ0v) is 17.7. The Labute approximate surface area is 177 Å². The van der Waals surface area contributed by atoms with Crippen LogP contribution in [0.25, 0.3) is 0 Å². The summed E-state index contributed by atoms with van der Waals surface area (Å²) < 4.78 is 4.88. The summed E-state index contributed by atoms with van der Waals surface area (Å²) >= 11 is 0. The molecule has 3 heterocycles. The SMILES string of the molecule is CCOC(=O)Nc1ccc(N2CCC3(CC2)CCN(C2CCC(O)CC2)C3=O)nc1. The molecule has 0 aromatic carbocycles. The highest BCUT2D eigenvalue weighted by atomic mass is 16.5. The van der Waals surface area contributed by atoms with E-state index in [1.54, 1.807) is 13.1 Å². The molecule has 0 atom stereocenters. The van der Waals surface area contributed by atoms with E-state index in [1.807, 2.05) is 12.1 Å². The second-order valence-corrected chi connectivity index (χ2v) is 8.73. The van der Waals surface area contributed by atoms with Crippen molar-refractivity contribution in [1.82, 2.24) is 9.88 Å². The van der Waals surface area contributed by atoms with E-state index in [-0.39, 0.29) is 11.5 Å². The summed E-state index contributed by atoms with van der Waals surface area (Å²) in [5.74, 6) is 1.19. The molecule has 0 bridgehead atoms. The number of aliphatic hydroxyl groups excluding tert-OH is 1. The number of carbonyl (C=O) groups is 2. The number of nitrogens with zero attached hydrogens (tertiary/aromatic N) is 3. The highest BCUT2D eigenvalue weighted by Gasteiger charge is 2.50. The predicted octanol–water partition coefficient (Wildman–Crippen LogP) is 2.77. The molecule has 164 valence electrons. The van der Waals surface area contributed by atoms with Gasteiger partial charge in [-0.25, -0.2) is 9.78 Å². The van der Waals surface area contributed by atoms with Crippen molar-refractivity contribution in [3.63, 3.8) is 0 Å². The lowest BCUT2D eigenvalue weighted by Crippen LogP contribution is -2.47. The zero-order valence-electron chi connectivity index (χ0n) is 17.7. The van der Waals surface area contributed by atoms with Crippen LogP contribution in [0.4, 0.5) is 16.3 Å². The van der Waals surface area contributed by atoms with Crippen molar-refractivity contribution in [3.8, 4) is 0 Å². The van der Waals surface area contributed by atoms with Crippen molar-refractivity contribution >= 4 is 23.5 Å². The smallest absolute Gasteiger partial charge is 0.411 e. The van der Waals surface area contributed by atoms with Crippen LogP contribution in [0.5, 0.6) is 0 Å². The Kier molecular flexibility index (Phi) is 6.13. The normalized spacial score (nSPS) is 26.1. The van der Waals surface area contributed by atoms with Gasteiger partial charge in [-0.2, -0.15) is 0 Å². The molecule has 1 spiro atoms. The molecule has 0 radical (unpaired) electrons. The minimum atomic E-state index is -0.483. The number of pyridine rings is 1. The number of nitrogens with one attached hydrogen (secondary N) is 1. The summed E-state index contributed by atoms with van der Waals surface area (Å²) in [6, 6.07) is 4.03. The molecular weight excluding hydrogens is 384 g/mol. The van der Waals surface area contributed by atoms with Crippen LogP contribution in [0.15, 0.2) is 18.3 Å². The Balaban J connectivity index is 1.32. The molecule has 1 aromatic rings. The maximum absolute atomic E-state index is 13.3. The number of rotatable bonds is 4. The van der Waals surface area contributed by atoms with Gasteiger partial charge in [-0.15, -0.1) is 0 Å². The number of hydrogen-bond donors (Lipinski definition) is 2. The first-order valence-electron chi connectivity index (χ1n) is 11.1. The van der Waals surface area contributed by atoms with Gasteiger partial charge in [0.05, 0.1) is 30.0 Å². The number of likely N-dealkylation sites (tertiary alicyclic amines) is 1. The van der Waals surface area contributed by atoms with Crippen LogP contribution < -0.4 is 10.2 Å². The first kappa shape index (κ1) is 20.9. The van der Waals surface area contributed by atoms with Crippen LogP contribution in [0.2, 0.25) is 0 Å². The molecule has 2 amide bonds. The summed E-state index contributed by atoms with van der Waals surface area (Å²) in [4.78, 5) is 33.6. The van der Waals surface area contributed by atoms with Crippen molar-refractivity contribution in [3.05, 3.63) is 18.3 Å². The summed E-state index contributed by atoms with van der Waals surface area (Å²) in [5.41, 5.74) is 0.378. The van der Waals surface area contributed by atoms with Gasteiger partial charge < -0.3 is 19.6 Å². The van der Waals surface area contributed by atoms with E-state index in [1.165, 1.54) is 0 Å². The molecule has 1 aromatic heterocycles. The van der Waals surface area contributed by atoms with E-state index >= 15 is 0 Å². The lowest BCUT2D eigenvalue weighted by molar-refractivity contribution is -0.139. The molecule has 3 fully saturated rings. The van der Waals surface area contributed by atoms with Crippen molar-refractivity contribution in [2.24, 2.45) is 5.41 Å². The van der Waals surface area contributed by atoms with E-state index in [2.05, 4.69) is 20.1 Å². The number of carbonyl (C=O) groups excluding carboxylic acids is 2. The molecule has 2 aliphatic heterocycles. The molecular formula is C22H32N4O4. The second-order valence-electron chi connectivity index (χ2n) is 8.73. The molecule has 0 unspecified atom stereocenters. The first-order valence-corrected chi connectivity index (χ1v) is 11.1. The fourth-order valence-electron chi connectivity index (χ4n) is 5.13. The maximum Gasteiger partial charge on any atom is 0.411 e. The van der Waals surface area contributed by atoms with Crippen LogP contribution in [-0.4, -0.2) is 65.4 Å². The molecule has 1 aliphatic carbocycles. The Bertz CT molecular complexity index is 753. The Morgan fingerprint density at radius 2 is 1.90 bits per heavy atom. The molecule has 1 saturated carbocycles. The summed E-state index contributed by atoms with van der Waals surface area (Å²) in [6.45, 7) is 4.55. The summed E-state index contributed by atoms with van der Waals surface area (Å²) in [7, 11) is 0. The number of ether oxygens (including phenoxy) is 1. The summed E-state index contributed by atoms with van der Waals surface area (Å²) in [6.07, 6.45) is 7.06. The van der Waals surface area contributed by atoms with Gasteiger partial charge in [0, 0.05) is 25.7 Å². The lowest BCUT2D eigenvalue weighted by atomic mass is 9.77. The van der Waals surface area contributed by atoms with Gasteiger partial charge in [-0.1, -0.05) is 0 Å². The number of aromatic nitrogens is 1. The van der Waals surface area contributed by atoms with Gasteiger partial charge >= 0.3 is 6.09 Å². The molecule has 8 heteroatoms. The highest BCUT2D eigenvalue weighted by Crippen LogP contribution is 2.44.